The number of piperidine rings is 1. The SMILES string of the molecule is Cc1cccc(Cc2csc(N3CCC(S(=O)(=O)c4cccc([N+](=O)[O-])c4)CC3)n2)c1C. The molecule has 1 fully saturated rings. The molecule has 0 unspecified atom stereocenters. The van der Waals surface area contributed by atoms with E-state index < -0.39 is 20.0 Å². The van der Waals surface area contributed by atoms with Crippen LogP contribution in [0.5, 0.6) is 0 Å². The van der Waals surface area contributed by atoms with E-state index in [9.17, 15) is 18.5 Å². The maximum atomic E-state index is 13.0. The minimum absolute atomic E-state index is 0.0233. The highest BCUT2D eigenvalue weighted by Gasteiger charge is 2.32. The van der Waals surface area contributed by atoms with E-state index in [0.717, 1.165) is 23.3 Å². The molecule has 1 aromatic heterocycles. The highest BCUT2D eigenvalue weighted by atomic mass is 32.2. The minimum Gasteiger partial charge on any atom is -0.348 e. The van der Waals surface area contributed by atoms with Crippen LogP contribution in [0.25, 0.3) is 0 Å². The lowest BCUT2D eigenvalue weighted by Crippen LogP contribution is -2.39. The van der Waals surface area contributed by atoms with E-state index in [1.165, 1.54) is 34.9 Å². The molecule has 2 aromatic carbocycles. The molecule has 0 N–H and O–H groups in total. The van der Waals surface area contributed by atoms with Crippen LogP contribution < -0.4 is 4.90 Å². The summed E-state index contributed by atoms with van der Waals surface area (Å²) in [5, 5.41) is 13.4. The number of sulfone groups is 1. The van der Waals surface area contributed by atoms with Crippen LogP contribution in [0.4, 0.5) is 10.8 Å². The Morgan fingerprint density at radius 1 is 1.16 bits per heavy atom. The maximum absolute atomic E-state index is 13.0. The van der Waals surface area contributed by atoms with Crippen molar-refractivity contribution >= 4 is 32.0 Å². The van der Waals surface area contributed by atoms with Gasteiger partial charge in [-0.15, -0.1) is 11.3 Å². The standard InChI is InChI=1S/C23H25N3O4S2/c1-16-5-3-6-18(17(16)2)13-19-15-31-23(24-19)25-11-9-21(10-12-25)32(29,30)22-8-4-7-20(14-22)26(27)28/h3-8,14-15,21H,9-13H2,1-2H3. The molecular formula is C23H25N3O4S2. The topological polar surface area (TPSA) is 93.4 Å². The van der Waals surface area contributed by atoms with Gasteiger partial charge in [0, 0.05) is 37.0 Å². The molecule has 4 rings (SSSR count). The van der Waals surface area contributed by atoms with Gasteiger partial charge >= 0.3 is 0 Å². The second kappa shape index (κ2) is 8.99. The fraction of sp³-hybridized carbons (Fsp3) is 0.348. The number of non-ortho nitro benzene ring substituents is 1. The van der Waals surface area contributed by atoms with Crippen molar-refractivity contribution in [1.82, 2.24) is 4.98 Å². The van der Waals surface area contributed by atoms with Crippen molar-refractivity contribution in [3.8, 4) is 0 Å². The van der Waals surface area contributed by atoms with E-state index in [-0.39, 0.29) is 10.6 Å². The first kappa shape index (κ1) is 22.4. The maximum Gasteiger partial charge on any atom is 0.270 e. The van der Waals surface area contributed by atoms with Gasteiger partial charge in [-0.05, 0) is 49.4 Å². The largest absolute Gasteiger partial charge is 0.348 e. The molecule has 0 saturated carbocycles. The molecule has 1 aliphatic heterocycles. The second-order valence-corrected chi connectivity index (χ2v) is 11.2. The summed E-state index contributed by atoms with van der Waals surface area (Å²) in [5.74, 6) is 0. The summed E-state index contributed by atoms with van der Waals surface area (Å²) >= 11 is 1.59. The van der Waals surface area contributed by atoms with Crippen molar-refractivity contribution in [2.24, 2.45) is 0 Å². The molecule has 9 heteroatoms. The van der Waals surface area contributed by atoms with Gasteiger partial charge in [-0.1, -0.05) is 24.3 Å². The van der Waals surface area contributed by atoms with Crippen LogP contribution in [0.1, 0.15) is 35.2 Å². The summed E-state index contributed by atoms with van der Waals surface area (Å²) in [4.78, 5) is 17.4. The van der Waals surface area contributed by atoms with Crippen molar-refractivity contribution in [2.45, 2.75) is 43.3 Å². The van der Waals surface area contributed by atoms with Gasteiger partial charge < -0.3 is 4.90 Å². The molecule has 0 atom stereocenters. The summed E-state index contributed by atoms with van der Waals surface area (Å²) < 4.78 is 26.0. The number of thiazole rings is 1. The Labute approximate surface area is 191 Å². The van der Waals surface area contributed by atoms with E-state index in [0.29, 0.717) is 25.9 Å². The van der Waals surface area contributed by atoms with E-state index in [2.05, 4.69) is 42.3 Å². The Morgan fingerprint density at radius 2 is 1.88 bits per heavy atom. The summed E-state index contributed by atoms with van der Waals surface area (Å²) in [5.41, 5.74) is 4.63. The average molecular weight is 472 g/mol. The number of hydrogen-bond donors (Lipinski definition) is 0. The number of aryl methyl sites for hydroxylation is 1. The monoisotopic (exact) mass is 471 g/mol. The minimum atomic E-state index is -3.62. The molecule has 0 amide bonds. The van der Waals surface area contributed by atoms with Gasteiger partial charge in [0.15, 0.2) is 15.0 Å². The fourth-order valence-corrected chi connectivity index (χ4v) is 6.69. The van der Waals surface area contributed by atoms with Gasteiger partial charge in [0.25, 0.3) is 5.69 Å². The lowest BCUT2D eigenvalue weighted by atomic mass is 10.0. The van der Waals surface area contributed by atoms with E-state index >= 15 is 0 Å². The van der Waals surface area contributed by atoms with Gasteiger partial charge in [-0.25, -0.2) is 13.4 Å². The molecule has 0 spiro atoms. The Balaban J connectivity index is 1.42. The number of nitrogens with zero attached hydrogens (tertiary/aromatic N) is 3. The van der Waals surface area contributed by atoms with Crippen molar-refractivity contribution in [2.75, 3.05) is 18.0 Å². The van der Waals surface area contributed by atoms with E-state index in [1.807, 2.05) is 0 Å². The molecular weight excluding hydrogens is 446 g/mol. The summed E-state index contributed by atoms with van der Waals surface area (Å²) in [6.07, 6.45) is 1.72. The van der Waals surface area contributed by atoms with Crippen molar-refractivity contribution in [3.05, 3.63) is 80.3 Å². The zero-order valence-corrected chi connectivity index (χ0v) is 19.7. The number of hydrogen-bond acceptors (Lipinski definition) is 7. The highest BCUT2D eigenvalue weighted by molar-refractivity contribution is 7.92. The lowest BCUT2D eigenvalue weighted by Gasteiger charge is -2.31. The fourth-order valence-electron chi connectivity index (χ4n) is 4.05. The summed E-state index contributed by atoms with van der Waals surface area (Å²) in [6, 6.07) is 11.6. The molecule has 32 heavy (non-hydrogen) atoms. The Kier molecular flexibility index (Phi) is 6.30. The quantitative estimate of drug-likeness (QED) is 0.382. The van der Waals surface area contributed by atoms with Crippen molar-refractivity contribution in [3.63, 3.8) is 0 Å². The van der Waals surface area contributed by atoms with Crippen LogP contribution >= 0.6 is 11.3 Å². The van der Waals surface area contributed by atoms with Gasteiger partial charge in [0.05, 0.1) is 20.8 Å². The molecule has 168 valence electrons. The third kappa shape index (κ3) is 4.54. The molecule has 2 heterocycles. The number of rotatable bonds is 6. The van der Waals surface area contributed by atoms with Gasteiger partial charge in [-0.3, -0.25) is 10.1 Å². The highest BCUT2D eigenvalue weighted by Crippen LogP contribution is 2.31. The zero-order chi connectivity index (χ0) is 22.9. The van der Waals surface area contributed by atoms with Crippen LogP contribution in [0.2, 0.25) is 0 Å². The Hall–Kier alpha value is -2.78. The number of nitro groups is 1. The summed E-state index contributed by atoms with van der Waals surface area (Å²) in [6.45, 7) is 5.42. The molecule has 7 nitrogen and oxygen atoms in total. The molecule has 3 aromatic rings. The molecule has 1 aliphatic rings. The van der Waals surface area contributed by atoms with Gasteiger partial charge in [-0.2, -0.15) is 0 Å². The van der Waals surface area contributed by atoms with Gasteiger partial charge in [0.2, 0.25) is 0 Å². The predicted molar refractivity (Wildman–Crippen MR) is 126 cm³/mol. The predicted octanol–water partition coefficient (Wildman–Crippen LogP) is 4.70. The van der Waals surface area contributed by atoms with E-state index in [4.69, 9.17) is 4.98 Å². The first-order chi connectivity index (χ1) is 15.3. The van der Waals surface area contributed by atoms with E-state index in [1.54, 1.807) is 11.3 Å². The van der Waals surface area contributed by atoms with Crippen LogP contribution in [0.15, 0.2) is 52.7 Å². The molecule has 0 aliphatic carbocycles. The third-order valence-corrected chi connectivity index (χ3v) is 9.35. The molecule has 0 radical (unpaired) electrons. The average Bonchev–Trinajstić information content (AvgIpc) is 3.25. The number of anilines is 1. The second-order valence-electron chi connectivity index (χ2n) is 8.14. The van der Waals surface area contributed by atoms with Crippen molar-refractivity contribution in [1.29, 1.82) is 0 Å². The smallest absolute Gasteiger partial charge is 0.270 e. The first-order valence-electron chi connectivity index (χ1n) is 10.5. The zero-order valence-electron chi connectivity index (χ0n) is 18.0. The number of benzene rings is 2. The number of aromatic nitrogens is 1. The van der Waals surface area contributed by atoms with Crippen LogP contribution in [-0.2, 0) is 16.3 Å². The Bertz CT molecular complexity index is 1250. The lowest BCUT2D eigenvalue weighted by molar-refractivity contribution is -0.385. The third-order valence-electron chi connectivity index (χ3n) is 6.14. The van der Waals surface area contributed by atoms with Gasteiger partial charge in [0.1, 0.15) is 0 Å². The molecule has 1 saturated heterocycles. The van der Waals surface area contributed by atoms with Crippen LogP contribution in [0.3, 0.4) is 0 Å². The molecule has 0 bridgehead atoms. The van der Waals surface area contributed by atoms with Crippen molar-refractivity contribution < 1.29 is 13.3 Å². The van der Waals surface area contributed by atoms with Crippen LogP contribution in [-0.4, -0.2) is 36.7 Å². The number of nitro benzene ring substituents is 1. The van der Waals surface area contributed by atoms with Crippen LogP contribution in [0, 0.1) is 24.0 Å². The normalized spacial score (nSPS) is 15.1. The first-order valence-corrected chi connectivity index (χ1v) is 12.9. The Morgan fingerprint density at radius 3 is 2.59 bits per heavy atom. The summed E-state index contributed by atoms with van der Waals surface area (Å²) in [7, 11) is -3.62.